The van der Waals surface area contributed by atoms with E-state index in [0.29, 0.717) is 34.3 Å². The van der Waals surface area contributed by atoms with Crippen LogP contribution in [0.3, 0.4) is 0 Å². The van der Waals surface area contributed by atoms with Crippen molar-refractivity contribution < 1.29 is 23.4 Å². The van der Waals surface area contributed by atoms with Crippen LogP contribution >= 0.6 is 0 Å². The molecule has 0 aliphatic carbocycles. The normalized spacial score (nSPS) is 11.0. The molecule has 0 fully saturated rings. The lowest BCUT2D eigenvalue weighted by molar-refractivity contribution is -0.112. The van der Waals surface area contributed by atoms with Crippen molar-refractivity contribution >= 4 is 28.6 Å². The minimum absolute atomic E-state index is 0.104. The fourth-order valence-electron chi connectivity index (χ4n) is 2.69. The number of fused-ring (bicyclic) bond motifs is 1. The van der Waals surface area contributed by atoms with Gasteiger partial charge >= 0.3 is 0 Å². The van der Waals surface area contributed by atoms with E-state index in [1.165, 1.54) is 20.3 Å². The fraction of sp³-hybridized carbons (Fsp3) is 0.143. The van der Waals surface area contributed by atoms with Gasteiger partial charge in [0.05, 0.1) is 21.3 Å². The molecule has 1 aromatic heterocycles. The number of para-hydroxylation sites is 1. The summed E-state index contributed by atoms with van der Waals surface area (Å²) in [5.74, 6) is 1.38. The van der Waals surface area contributed by atoms with Crippen LogP contribution in [-0.2, 0) is 4.79 Å². The quantitative estimate of drug-likeness (QED) is 0.515. The lowest BCUT2D eigenvalue weighted by Gasteiger charge is -2.10. The van der Waals surface area contributed by atoms with Crippen molar-refractivity contribution in [1.29, 1.82) is 5.26 Å². The Hall–Kier alpha value is -3.92. The Morgan fingerprint density at radius 1 is 1.04 bits per heavy atom. The number of anilines is 1. The Bertz CT molecular complexity index is 1090. The smallest absolute Gasteiger partial charge is 0.266 e. The van der Waals surface area contributed by atoms with Gasteiger partial charge in [0, 0.05) is 23.2 Å². The maximum atomic E-state index is 12.5. The van der Waals surface area contributed by atoms with Crippen LogP contribution < -0.4 is 19.5 Å². The van der Waals surface area contributed by atoms with Gasteiger partial charge in [0.15, 0.2) is 22.8 Å². The second-order valence-corrected chi connectivity index (χ2v) is 5.72. The Labute approximate surface area is 161 Å². The molecule has 7 heteroatoms. The number of nitrogens with zero attached hydrogens (tertiary/aromatic N) is 1. The molecule has 0 spiro atoms. The highest BCUT2D eigenvalue weighted by molar-refractivity contribution is 6.09. The average Bonchev–Trinajstić information content (AvgIpc) is 3.14. The minimum atomic E-state index is -0.567. The highest BCUT2D eigenvalue weighted by Gasteiger charge is 2.14. The fourth-order valence-corrected chi connectivity index (χ4v) is 2.69. The molecule has 0 aliphatic heterocycles. The van der Waals surface area contributed by atoms with Gasteiger partial charge in [0.2, 0.25) is 0 Å². The molecular weight excluding hydrogens is 360 g/mol. The maximum Gasteiger partial charge on any atom is 0.266 e. The number of amides is 1. The van der Waals surface area contributed by atoms with Crippen molar-refractivity contribution in [2.75, 3.05) is 26.6 Å². The van der Waals surface area contributed by atoms with Crippen LogP contribution in [-0.4, -0.2) is 27.2 Å². The largest absolute Gasteiger partial charge is 0.493 e. The van der Waals surface area contributed by atoms with E-state index in [1.54, 1.807) is 37.4 Å². The van der Waals surface area contributed by atoms with Crippen molar-refractivity contribution in [3.05, 3.63) is 53.8 Å². The second-order valence-electron chi connectivity index (χ2n) is 5.72. The molecule has 0 radical (unpaired) electrons. The third kappa shape index (κ3) is 3.76. The molecule has 3 rings (SSSR count). The molecule has 142 valence electrons. The lowest BCUT2D eigenvalue weighted by Crippen LogP contribution is -2.13. The van der Waals surface area contributed by atoms with E-state index in [2.05, 4.69) is 5.32 Å². The van der Waals surface area contributed by atoms with E-state index in [1.807, 2.05) is 18.2 Å². The summed E-state index contributed by atoms with van der Waals surface area (Å²) in [7, 11) is 4.57. The summed E-state index contributed by atoms with van der Waals surface area (Å²) in [6.07, 6.45) is 1.38. The molecule has 7 nitrogen and oxygen atoms in total. The predicted molar refractivity (Wildman–Crippen MR) is 105 cm³/mol. The van der Waals surface area contributed by atoms with Gasteiger partial charge < -0.3 is 23.9 Å². The molecular formula is C21H18N2O5. The molecule has 3 aromatic rings. The van der Waals surface area contributed by atoms with Crippen LogP contribution in [0, 0.1) is 11.3 Å². The number of hydrogen-bond donors (Lipinski definition) is 1. The van der Waals surface area contributed by atoms with Crippen molar-refractivity contribution in [2.24, 2.45) is 0 Å². The number of ether oxygens (including phenoxy) is 3. The van der Waals surface area contributed by atoms with Crippen molar-refractivity contribution in [1.82, 2.24) is 0 Å². The minimum Gasteiger partial charge on any atom is -0.493 e. The van der Waals surface area contributed by atoms with Gasteiger partial charge in [0.25, 0.3) is 5.91 Å². The van der Waals surface area contributed by atoms with E-state index in [4.69, 9.17) is 18.6 Å². The molecule has 0 saturated carbocycles. The Morgan fingerprint density at radius 3 is 2.46 bits per heavy atom. The molecule has 1 amide bonds. The summed E-state index contributed by atoms with van der Waals surface area (Å²) in [4.78, 5) is 12.5. The average molecular weight is 378 g/mol. The first-order chi connectivity index (χ1) is 13.6. The van der Waals surface area contributed by atoms with Crippen LogP contribution in [0.15, 0.2) is 52.5 Å². The van der Waals surface area contributed by atoms with Crippen LogP contribution in [0.25, 0.3) is 17.0 Å². The van der Waals surface area contributed by atoms with Gasteiger partial charge in [-0.3, -0.25) is 4.79 Å². The molecule has 28 heavy (non-hydrogen) atoms. The first-order valence-electron chi connectivity index (χ1n) is 8.31. The summed E-state index contributed by atoms with van der Waals surface area (Å²) in [5, 5.41) is 12.9. The first kappa shape index (κ1) is 18.9. The van der Waals surface area contributed by atoms with Crippen molar-refractivity contribution in [2.45, 2.75) is 0 Å². The van der Waals surface area contributed by atoms with E-state index in [-0.39, 0.29) is 5.57 Å². The molecule has 0 atom stereocenters. The number of rotatable bonds is 6. The first-order valence-corrected chi connectivity index (χ1v) is 8.31. The number of nitriles is 1. The van der Waals surface area contributed by atoms with Crippen molar-refractivity contribution in [3.63, 3.8) is 0 Å². The van der Waals surface area contributed by atoms with Crippen LogP contribution in [0.4, 0.5) is 5.69 Å². The van der Waals surface area contributed by atoms with Gasteiger partial charge in [0.1, 0.15) is 17.4 Å². The van der Waals surface area contributed by atoms with Crippen molar-refractivity contribution in [3.8, 4) is 23.3 Å². The summed E-state index contributed by atoms with van der Waals surface area (Å²) < 4.78 is 21.4. The number of hydrogen-bond acceptors (Lipinski definition) is 6. The van der Waals surface area contributed by atoms with Crippen LogP contribution in [0.5, 0.6) is 17.2 Å². The molecule has 0 unspecified atom stereocenters. The summed E-state index contributed by atoms with van der Waals surface area (Å²) in [6.45, 7) is 0. The predicted octanol–water partition coefficient (Wildman–Crippen LogP) is 4.00. The monoisotopic (exact) mass is 378 g/mol. The summed E-state index contributed by atoms with van der Waals surface area (Å²) >= 11 is 0. The number of methoxy groups -OCH3 is 3. The summed E-state index contributed by atoms with van der Waals surface area (Å²) in [6, 6.07) is 14.0. The molecule has 2 aromatic carbocycles. The third-order valence-electron chi connectivity index (χ3n) is 4.04. The number of carbonyl (C=O) groups excluding carboxylic acids is 1. The highest BCUT2D eigenvalue weighted by Crippen LogP contribution is 2.31. The van der Waals surface area contributed by atoms with E-state index in [0.717, 1.165) is 5.39 Å². The van der Waals surface area contributed by atoms with Gasteiger partial charge in [-0.2, -0.15) is 5.26 Å². The van der Waals surface area contributed by atoms with E-state index < -0.39 is 5.91 Å². The standard InChI is InChI=1S/C21H18N2O5/c1-25-17-8-7-15(11-19(17)27-3)23-21(24)14(12-22)10-16-9-13-5-4-6-18(26-2)20(13)28-16/h4-11H,1-3H3,(H,23,24)/b14-10+. The number of carbonyl (C=O) groups is 1. The zero-order valence-electron chi connectivity index (χ0n) is 15.6. The molecule has 0 aliphatic rings. The lowest BCUT2D eigenvalue weighted by atomic mass is 10.2. The topological polar surface area (TPSA) is 93.7 Å². The third-order valence-corrected chi connectivity index (χ3v) is 4.04. The second kappa shape index (κ2) is 8.18. The zero-order chi connectivity index (χ0) is 20.1. The number of benzene rings is 2. The van der Waals surface area contributed by atoms with Gasteiger partial charge in [-0.25, -0.2) is 0 Å². The van der Waals surface area contributed by atoms with Crippen LogP contribution in [0.2, 0.25) is 0 Å². The summed E-state index contributed by atoms with van der Waals surface area (Å²) in [5.41, 5.74) is 0.914. The molecule has 0 saturated heterocycles. The number of furan rings is 1. The van der Waals surface area contributed by atoms with E-state index in [9.17, 15) is 10.1 Å². The Morgan fingerprint density at radius 2 is 1.79 bits per heavy atom. The van der Waals surface area contributed by atoms with Gasteiger partial charge in [-0.05, 0) is 24.3 Å². The maximum absolute atomic E-state index is 12.5. The van der Waals surface area contributed by atoms with Gasteiger partial charge in [-0.1, -0.05) is 12.1 Å². The molecule has 0 bridgehead atoms. The Kier molecular flexibility index (Phi) is 5.51. The van der Waals surface area contributed by atoms with E-state index >= 15 is 0 Å². The molecule has 1 N–H and O–H groups in total. The number of nitrogens with one attached hydrogen (secondary N) is 1. The SMILES string of the molecule is COc1ccc(NC(=O)/C(C#N)=C/c2cc3cccc(OC)c3o2)cc1OC. The van der Waals surface area contributed by atoms with Crippen LogP contribution in [0.1, 0.15) is 5.76 Å². The Balaban J connectivity index is 1.87. The van der Waals surface area contributed by atoms with Gasteiger partial charge in [-0.15, -0.1) is 0 Å². The molecule has 1 heterocycles. The zero-order valence-corrected chi connectivity index (χ0v) is 15.6. The highest BCUT2D eigenvalue weighted by atomic mass is 16.5.